The number of carbonyl (C=O) groups is 4. The van der Waals surface area contributed by atoms with E-state index in [0.717, 1.165) is 169 Å². The number of carbonyl (C=O) groups excluding carboxylic acids is 4. The van der Waals surface area contributed by atoms with Gasteiger partial charge in [0.25, 0.3) is 0 Å². The molecule has 0 unspecified atom stereocenters. The summed E-state index contributed by atoms with van der Waals surface area (Å²) in [5.41, 5.74) is 5.72. The lowest BCUT2D eigenvalue weighted by Gasteiger charge is -2.37. The van der Waals surface area contributed by atoms with Gasteiger partial charge in [-0.05, 0) is 446 Å². The summed E-state index contributed by atoms with van der Waals surface area (Å²) in [6, 6.07) is 34.0. The molecule has 8 heteroatoms. The van der Waals surface area contributed by atoms with Gasteiger partial charge < -0.3 is 18.9 Å². The van der Waals surface area contributed by atoms with Gasteiger partial charge in [-0.25, -0.2) is 0 Å². The largest absolute Gasteiger partial charge is 0.426 e. The number of unbranched alkanes of at least 4 members (excludes halogenated alkanes) is 3. The van der Waals surface area contributed by atoms with E-state index >= 15 is 0 Å². The number of benzene rings is 4. The summed E-state index contributed by atoms with van der Waals surface area (Å²) < 4.78 is 23.3. The van der Waals surface area contributed by atoms with E-state index in [4.69, 9.17) is 18.9 Å². The summed E-state index contributed by atoms with van der Waals surface area (Å²) in [5.74, 6) is 20.9. The maximum atomic E-state index is 12.9. The van der Waals surface area contributed by atoms with Gasteiger partial charge in [0, 0.05) is 0 Å². The number of esters is 4. The minimum absolute atomic E-state index is 0.00584. The predicted molar refractivity (Wildman–Crippen MR) is 559 cm³/mol. The van der Waals surface area contributed by atoms with Crippen molar-refractivity contribution in [1.29, 1.82) is 0 Å². The van der Waals surface area contributed by atoms with Crippen molar-refractivity contribution in [2.75, 3.05) is 0 Å². The van der Waals surface area contributed by atoms with Gasteiger partial charge in [0.15, 0.2) is 0 Å². The molecule has 748 valence electrons. The molecule has 4 aromatic rings. The maximum absolute atomic E-state index is 12.9. The first-order valence-corrected chi connectivity index (χ1v) is 58.9. The van der Waals surface area contributed by atoms with E-state index in [0.29, 0.717) is 23.7 Å². The van der Waals surface area contributed by atoms with Crippen molar-refractivity contribution in [2.24, 2.45) is 118 Å². The van der Waals surface area contributed by atoms with Crippen LogP contribution in [0.1, 0.15) is 525 Å². The molecule has 0 aliphatic heterocycles. The molecule has 12 aliphatic carbocycles. The van der Waals surface area contributed by atoms with E-state index in [9.17, 15) is 19.2 Å². The highest BCUT2D eigenvalue weighted by Gasteiger charge is 2.40. The molecule has 0 bridgehead atoms. The Morgan fingerprint density at radius 1 is 0.187 bits per heavy atom. The van der Waals surface area contributed by atoms with Crippen LogP contribution in [0.15, 0.2) is 97.1 Å². The highest BCUT2D eigenvalue weighted by molar-refractivity contribution is 5.77. The van der Waals surface area contributed by atoms with Crippen LogP contribution in [0.4, 0.5) is 0 Å². The quantitative estimate of drug-likeness (QED) is 0.0259. The number of hydrogen-bond acceptors (Lipinski definition) is 8. The maximum Gasteiger partial charge on any atom is 0.314 e. The molecule has 8 nitrogen and oxygen atoms in total. The number of hydrogen-bond donors (Lipinski definition) is 0. The Kier molecular flexibility index (Phi) is 45.6. The summed E-state index contributed by atoms with van der Waals surface area (Å²) in [5, 5.41) is 0. The van der Waals surface area contributed by atoms with Crippen molar-refractivity contribution in [1.82, 2.24) is 0 Å². The van der Waals surface area contributed by atoms with Gasteiger partial charge in [-0.1, -0.05) is 271 Å². The zero-order chi connectivity index (χ0) is 93.6. The molecule has 12 saturated carbocycles. The lowest BCUT2D eigenvalue weighted by atomic mass is 9.69. The third-order valence-electron chi connectivity index (χ3n) is 38.6. The number of ether oxygens (including phenoxy) is 4. The Morgan fingerprint density at radius 3 is 0.545 bits per heavy atom. The normalized spacial score (nSPS) is 32.6. The highest BCUT2D eigenvalue weighted by atomic mass is 16.5. The molecule has 0 aromatic heterocycles. The molecule has 0 spiro atoms. The molecule has 12 fully saturated rings. The van der Waals surface area contributed by atoms with E-state index < -0.39 is 0 Å². The minimum atomic E-state index is 0.00584. The van der Waals surface area contributed by atoms with Crippen molar-refractivity contribution in [3.8, 4) is 23.0 Å². The highest BCUT2D eigenvalue weighted by Crippen LogP contribution is 2.50. The van der Waals surface area contributed by atoms with Crippen LogP contribution in [0.2, 0.25) is 0 Å². The summed E-state index contributed by atoms with van der Waals surface area (Å²) in [7, 11) is 0. The lowest BCUT2D eigenvalue weighted by molar-refractivity contribution is -0.141. The molecule has 16 rings (SSSR count). The van der Waals surface area contributed by atoms with Gasteiger partial charge in [-0.3, -0.25) is 19.2 Å². The lowest BCUT2D eigenvalue weighted by Crippen LogP contribution is -2.30. The number of rotatable bonds is 34. The van der Waals surface area contributed by atoms with Crippen LogP contribution in [0, 0.1) is 118 Å². The molecular formula is C126H196O8. The van der Waals surface area contributed by atoms with Gasteiger partial charge >= 0.3 is 23.9 Å². The van der Waals surface area contributed by atoms with E-state index in [1.54, 1.807) is 0 Å². The van der Waals surface area contributed by atoms with Gasteiger partial charge in [0.05, 0.1) is 23.7 Å². The van der Waals surface area contributed by atoms with Crippen LogP contribution >= 0.6 is 0 Å². The molecule has 0 N–H and O–H groups in total. The zero-order valence-corrected chi connectivity index (χ0v) is 87.0. The zero-order valence-electron chi connectivity index (χ0n) is 87.0. The smallest absolute Gasteiger partial charge is 0.314 e. The van der Waals surface area contributed by atoms with E-state index in [1.165, 1.54) is 395 Å². The summed E-state index contributed by atoms with van der Waals surface area (Å²) in [6.07, 6.45) is 87.2. The van der Waals surface area contributed by atoms with E-state index in [1.807, 2.05) is 48.5 Å². The second-order valence-electron chi connectivity index (χ2n) is 47.4. The third kappa shape index (κ3) is 33.5. The Morgan fingerprint density at radius 2 is 0.358 bits per heavy atom. The average molecular weight is 1840 g/mol. The summed E-state index contributed by atoms with van der Waals surface area (Å²) in [4.78, 5) is 51.4. The minimum Gasteiger partial charge on any atom is -0.426 e. The summed E-state index contributed by atoms with van der Waals surface area (Å²) in [6.45, 7) is 18.5. The van der Waals surface area contributed by atoms with Crippen LogP contribution in [-0.4, -0.2) is 23.9 Å². The molecule has 134 heavy (non-hydrogen) atoms. The Bertz CT molecular complexity index is 3840. The van der Waals surface area contributed by atoms with Crippen molar-refractivity contribution < 1.29 is 38.1 Å². The van der Waals surface area contributed by atoms with Crippen LogP contribution in [0.5, 0.6) is 23.0 Å². The van der Waals surface area contributed by atoms with Crippen LogP contribution in [0.25, 0.3) is 0 Å². The van der Waals surface area contributed by atoms with Crippen molar-refractivity contribution >= 4 is 23.9 Å². The standard InChI is InChI=1S/C33H52O2.C32H50O2.C31H48O2.C30H46O2/c1-3-5-6-8-26-11-15-28(16-12-26)30-21-23-32(24-22-30)35-33(34)31-19-17-29(18-20-31)27-13-9-25(7-4-2)10-14-27;1-3-5-7-25-10-14-27(15-11-25)29-20-22-31(23-21-29)34-32(33)30-18-16-28(17-19-30)26-12-8-24(6-4-2)9-13-26;1-3-5-23-7-11-25(12-8-23)27-15-17-29(18-16-27)31(32)33-30-21-19-28(20-22-30)26-13-9-24(6-4-2)10-14-26;1-3-5-23-8-12-25(13-9-23)26-14-16-28(17-15-26)30(31)32-29-20-18-27(19-21-29)24-10-6-22(4-2)7-11-24/h21-29,31H,3-20H2,1-2H3;20-28,30H,3-19H2,1-2H3;19-27,29H,3-18H2,1-2H3;18-26,28H,3-17H2,1-2H3. The van der Waals surface area contributed by atoms with Crippen molar-refractivity contribution in [3.63, 3.8) is 0 Å². The molecule has 0 atom stereocenters. The topological polar surface area (TPSA) is 105 Å². The fourth-order valence-electron chi connectivity index (χ4n) is 29.6. The third-order valence-corrected chi connectivity index (χ3v) is 38.6. The van der Waals surface area contributed by atoms with Gasteiger partial charge in [-0.2, -0.15) is 0 Å². The first-order valence-electron chi connectivity index (χ1n) is 58.9. The van der Waals surface area contributed by atoms with Crippen molar-refractivity contribution in [2.45, 2.75) is 503 Å². The first kappa shape index (κ1) is 106. The average Bonchev–Trinajstić information content (AvgIpc) is 0.842. The van der Waals surface area contributed by atoms with Crippen LogP contribution in [0.3, 0.4) is 0 Å². The molecule has 0 radical (unpaired) electrons. The summed E-state index contributed by atoms with van der Waals surface area (Å²) >= 11 is 0. The van der Waals surface area contributed by atoms with Gasteiger partial charge in [0.1, 0.15) is 23.0 Å². The Balaban J connectivity index is 0.000000152. The van der Waals surface area contributed by atoms with Crippen LogP contribution in [-0.2, 0) is 19.2 Å². The predicted octanol–water partition coefficient (Wildman–Crippen LogP) is 37.1. The SMILES string of the molecule is CCCC1CCC(C2CCC(C(=O)Oc3ccc(C4CCC(CC)CC4)cc3)CC2)CC1.CCCC1CCC(c2ccc(OC(=O)C3CCC(C4CCC(CCC)CC4)CC3)cc2)CC1.CCCCC1CCC(c2ccc(OC(=O)C3CCC(C4CCC(CCC)CC4)CC3)cc2)CC1.CCCCCC1CCC(c2ccc(OC(=O)C3CCC(C4CCC(CCC)CC4)CC3)cc2)CC1. The Labute approximate surface area is 820 Å². The molecule has 0 amide bonds. The Hall–Kier alpha value is -5.24. The second kappa shape index (κ2) is 57.6. The fourth-order valence-corrected chi connectivity index (χ4v) is 29.6. The first-order chi connectivity index (χ1) is 65.6. The molecule has 4 aromatic carbocycles. The molecule has 12 aliphatic rings. The second-order valence-corrected chi connectivity index (χ2v) is 47.4. The van der Waals surface area contributed by atoms with Gasteiger partial charge in [-0.15, -0.1) is 0 Å². The van der Waals surface area contributed by atoms with Crippen LogP contribution < -0.4 is 18.9 Å². The molecule has 0 heterocycles. The van der Waals surface area contributed by atoms with E-state index in [2.05, 4.69) is 104 Å². The fraction of sp³-hybridized carbons (Fsp3) is 0.778. The van der Waals surface area contributed by atoms with Gasteiger partial charge in [0.2, 0.25) is 0 Å². The monoisotopic (exact) mass is 1840 g/mol. The molecule has 0 saturated heterocycles. The molecular weight excluding hydrogens is 1640 g/mol. The van der Waals surface area contributed by atoms with Crippen molar-refractivity contribution in [3.05, 3.63) is 119 Å². The van der Waals surface area contributed by atoms with E-state index in [-0.39, 0.29) is 47.5 Å².